The number of nitrogens with zero attached hydrogens (tertiary/aromatic N) is 2. The fourth-order valence-corrected chi connectivity index (χ4v) is 2.85. The lowest BCUT2D eigenvalue weighted by atomic mass is 9.99. The number of hydrogen-bond donors (Lipinski definition) is 1. The lowest BCUT2D eigenvalue weighted by Crippen LogP contribution is -2.03. The van der Waals surface area contributed by atoms with Crippen molar-refractivity contribution in [3.8, 4) is 16.9 Å². The first-order chi connectivity index (χ1) is 11.7. The first-order valence-corrected chi connectivity index (χ1v) is 8.55. The van der Waals surface area contributed by atoms with Gasteiger partial charge in [0.1, 0.15) is 12.5 Å². The monoisotopic (exact) mass is 370 g/mol. The van der Waals surface area contributed by atoms with Crippen molar-refractivity contribution in [3.63, 3.8) is 0 Å². The minimum atomic E-state index is -0.379. The number of rotatable bonds is 9. The van der Waals surface area contributed by atoms with Crippen LogP contribution in [0.25, 0.3) is 11.1 Å². The third-order valence-corrected chi connectivity index (χ3v) is 4.12. The molecule has 7 heteroatoms. The van der Waals surface area contributed by atoms with Gasteiger partial charge in [-0.05, 0) is 30.5 Å². The van der Waals surface area contributed by atoms with E-state index in [4.69, 9.17) is 37.8 Å². The molecular formula is C17H20Cl2N2O3. The molecule has 0 saturated heterocycles. The molecule has 2 aromatic rings. The van der Waals surface area contributed by atoms with Crippen LogP contribution in [0.4, 0.5) is 0 Å². The highest BCUT2D eigenvalue weighted by Crippen LogP contribution is 2.34. The van der Waals surface area contributed by atoms with Crippen molar-refractivity contribution in [2.45, 2.75) is 32.6 Å². The third-order valence-electron chi connectivity index (χ3n) is 3.56. The van der Waals surface area contributed by atoms with Crippen molar-refractivity contribution in [1.82, 2.24) is 10.2 Å². The fraction of sp³-hybridized carbons (Fsp3) is 0.412. The zero-order valence-electron chi connectivity index (χ0n) is 13.5. The number of benzene rings is 1. The summed E-state index contributed by atoms with van der Waals surface area (Å²) < 4.78 is 10.1. The Balaban J connectivity index is 2.25. The van der Waals surface area contributed by atoms with Crippen molar-refractivity contribution in [1.29, 1.82) is 0 Å². The maximum absolute atomic E-state index is 8.57. The molecule has 1 aromatic heterocycles. The lowest BCUT2D eigenvalue weighted by molar-refractivity contribution is -0.0653. The molecule has 0 unspecified atom stereocenters. The molecule has 24 heavy (non-hydrogen) atoms. The van der Waals surface area contributed by atoms with E-state index in [1.165, 1.54) is 0 Å². The van der Waals surface area contributed by atoms with Gasteiger partial charge in [0.15, 0.2) is 17.1 Å². The van der Waals surface area contributed by atoms with Crippen molar-refractivity contribution in [2.24, 2.45) is 0 Å². The van der Waals surface area contributed by atoms with E-state index in [1.807, 2.05) is 12.1 Å². The van der Waals surface area contributed by atoms with Crippen LogP contribution < -0.4 is 4.74 Å². The first kappa shape index (κ1) is 18.9. The Kier molecular flexibility index (Phi) is 7.72. The SMILES string of the molecule is CCCCCc1c(Cl)nnc(Cl)c1-c1ccc(OCOCO)cc1. The molecule has 2 rings (SSSR count). The van der Waals surface area contributed by atoms with E-state index >= 15 is 0 Å². The van der Waals surface area contributed by atoms with E-state index in [0.29, 0.717) is 16.1 Å². The topological polar surface area (TPSA) is 64.5 Å². The zero-order valence-corrected chi connectivity index (χ0v) is 15.0. The largest absolute Gasteiger partial charge is 0.467 e. The summed E-state index contributed by atoms with van der Waals surface area (Å²) in [6.07, 6.45) is 4.07. The summed E-state index contributed by atoms with van der Waals surface area (Å²) in [5, 5.41) is 17.2. The van der Waals surface area contributed by atoms with Crippen LogP contribution in [0.1, 0.15) is 31.7 Å². The van der Waals surface area contributed by atoms with Crippen LogP contribution in [0.2, 0.25) is 10.3 Å². The minimum absolute atomic E-state index is 0.0124. The summed E-state index contributed by atoms with van der Waals surface area (Å²) in [4.78, 5) is 0. The van der Waals surface area contributed by atoms with E-state index in [1.54, 1.807) is 12.1 Å². The molecule has 130 valence electrons. The number of aliphatic hydroxyl groups excluding tert-OH is 1. The average Bonchev–Trinajstić information content (AvgIpc) is 2.59. The minimum Gasteiger partial charge on any atom is -0.467 e. The summed E-state index contributed by atoms with van der Waals surface area (Å²) in [5.74, 6) is 0.629. The highest BCUT2D eigenvalue weighted by Gasteiger charge is 2.16. The number of aliphatic hydroxyl groups is 1. The number of hydrogen-bond acceptors (Lipinski definition) is 5. The van der Waals surface area contributed by atoms with Gasteiger partial charge < -0.3 is 14.6 Å². The number of halogens is 2. The van der Waals surface area contributed by atoms with Gasteiger partial charge >= 0.3 is 0 Å². The van der Waals surface area contributed by atoms with Gasteiger partial charge in [-0.25, -0.2) is 0 Å². The molecular weight excluding hydrogens is 351 g/mol. The molecule has 0 aliphatic carbocycles. The standard InChI is InChI=1S/C17H20Cl2N2O3/c1-2-3-4-5-14-15(17(19)21-20-16(14)18)12-6-8-13(9-7-12)24-11-23-10-22/h6-9,22H,2-5,10-11H2,1H3. The van der Waals surface area contributed by atoms with Crippen LogP contribution in [0.5, 0.6) is 5.75 Å². The van der Waals surface area contributed by atoms with Crippen LogP contribution in [-0.4, -0.2) is 28.9 Å². The molecule has 0 amide bonds. The van der Waals surface area contributed by atoms with Gasteiger partial charge in [-0.15, -0.1) is 10.2 Å². The molecule has 0 bridgehead atoms. The molecule has 1 N–H and O–H groups in total. The summed E-state index contributed by atoms with van der Waals surface area (Å²) in [6.45, 7) is 1.76. The maximum Gasteiger partial charge on any atom is 0.191 e. The molecule has 0 spiro atoms. The van der Waals surface area contributed by atoms with Crippen LogP contribution >= 0.6 is 23.2 Å². The van der Waals surface area contributed by atoms with Gasteiger partial charge in [0.2, 0.25) is 0 Å². The Bertz CT molecular complexity index is 651. The zero-order chi connectivity index (χ0) is 17.4. The second-order valence-electron chi connectivity index (χ2n) is 5.21. The van der Waals surface area contributed by atoms with Gasteiger partial charge in [0.25, 0.3) is 0 Å². The second-order valence-corrected chi connectivity index (χ2v) is 5.93. The van der Waals surface area contributed by atoms with Gasteiger partial charge in [0, 0.05) is 11.1 Å². The molecule has 0 saturated carbocycles. The third kappa shape index (κ3) is 5.05. The molecule has 0 fully saturated rings. The van der Waals surface area contributed by atoms with Gasteiger partial charge in [0.05, 0.1) is 0 Å². The first-order valence-electron chi connectivity index (χ1n) is 7.79. The quantitative estimate of drug-likeness (QED) is 0.520. The van der Waals surface area contributed by atoms with Gasteiger partial charge in [-0.1, -0.05) is 55.1 Å². The highest BCUT2D eigenvalue weighted by molar-refractivity contribution is 6.34. The van der Waals surface area contributed by atoms with Gasteiger partial charge in [-0.2, -0.15) is 0 Å². The highest BCUT2D eigenvalue weighted by atomic mass is 35.5. The predicted octanol–water partition coefficient (Wildman–Crippen LogP) is 4.49. The van der Waals surface area contributed by atoms with Crippen LogP contribution in [-0.2, 0) is 11.2 Å². The van der Waals surface area contributed by atoms with Gasteiger partial charge in [-0.3, -0.25) is 0 Å². The summed E-state index contributed by atoms with van der Waals surface area (Å²) in [6, 6.07) is 7.38. The molecule has 5 nitrogen and oxygen atoms in total. The van der Waals surface area contributed by atoms with E-state index in [0.717, 1.165) is 42.4 Å². The van der Waals surface area contributed by atoms with E-state index < -0.39 is 0 Å². The van der Waals surface area contributed by atoms with E-state index in [2.05, 4.69) is 17.1 Å². The molecule has 1 aromatic carbocycles. The predicted molar refractivity (Wildman–Crippen MR) is 94.4 cm³/mol. The maximum atomic E-state index is 8.57. The molecule has 0 radical (unpaired) electrons. The van der Waals surface area contributed by atoms with Crippen molar-refractivity contribution < 1.29 is 14.6 Å². The fourth-order valence-electron chi connectivity index (χ4n) is 2.36. The molecule has 0 atom stereocenters. The van der Waals surface area contributed by atoms with E-state index in [-0.39, 0.29) is 13.6 Å². The van der Waals surface area contributed by atoms with Crippen LogP contribution in [0.15, 0.2) is 24.3 Å². The Morgan fingerprint density at radius 3 is 2.42 bits per heavy atom. The van der Waals surface area contributed by atoms with Crippen molar-refractivity contribution >= 4 is 23.2 Å². The van der Waals surface area contributed by atoms with Crippen molar-refractivity contribution in [2.75, 3.05) is 13.6 Å². The Labute approximate surface area is 151 Å². The average molecular weight is 371 g/mol. The van der Waals surface area contributed by atoms with Crippen molar-refractivity contribution in [3.05, 3.63) is 40.1 Å². The molecule has 0 aliphatic rings. The number of ether oxygens (including phenoxy) is 2. The normalized spacial score (nSPS) is 10.8. The number of aromatic nitrogens is 2. The smallest absolute Gasteiger partial charge is 0.191 e. The van der Waals surface area contributed by atoms with Crippen LogP contribution in [0, 0.1) is 0 Å². The molecule has 0 aliphatic heterocycles. The lowest BCUT2D eigenvalue weighted by Gasteiger charge is -2.13. The summed E-state index contributed by atoms with van der Waals surface area (Å²) >= 11 is 12.5. The number of unbranched alkanes of at least 4 members (excludes halogenated alkanes) is 2. The Morgan fingerprint density at radius 1 is 1.04 bits per heavy atom. The Hall–Kier alpha value is -1.40. The second kappa shape index (κ2) is 9.79. The summed E-state index contributed by atoms with van der Waals surface area (Å²) in [7, 11) is 0. The van der Waals surface area contributed by atoms with Crippen LogP contribution in [0.3, 0.4) is 0 Å². The summed E-state index contributed by atoms with van der Waals surface area (Å²) in [5.41, 5.74) is 2.63. The Morgan fingerprint density at radius 2 is 1.75 bits per heavy atom. The molecule has 1 heterocycles. The van der Waals surface area contributed by atoms with E-state index in [9.17, 15) is 0 Å².